The number of hydrogen-bond donors (Lipinski definition) is 2. The molecule has 25 heavy (non-hydrogen) atoms. The van der Waals surface area contributed by atoms with Crippen molar-refractivity contribution in [2.45, 2.75) is 39.3 Å². The molecule has 3 N–H and O–H groups in total. The Balaban J connectivity index is 0.00000312. The first-order valence-corrected chi connectivity index (χ1v) is 8.32. The number of carbonyl (C=O) groups excluding carboxylic acids is 1. The van der Waals surface area contributed by atoms with Gasteiger partial charge in [0.1, 0.15) is 12.4 Å². The lowest BCUT2D eigenvalue weighted by Crippen LogP contribution is -2.29. The first kappa shape index (κ1) is 21.0. The Morgan fingerprint density at radius 2 is 1.88 bits per heavy atom. The van der Waals surface area contributed by atoms with Crippen LogP contribution in [0, 0.1) is 6.92 Å². The molecule has 0 radical (unpaired) electrons. The summed E-state index contributed by atoms with van der Waals surface area (Å²) >= 11 is 0. The van der Waals surface area contributed by atoms with E-state index in [1.165, 1.54) is 5.56 Å². The number of rotatable bonds is 8. The topological polar surface area (TPSA) is 64.3 Å². The lowest BCUT2D eigenvalue weighted by molar-refractivity contribution is -0.120. The van der Waals surface area contributed by atoms with Crippen molar-refractivity contribution in [3.63, 3.8) is 0 Å². The summed E-state index contributed by atoms with van der Waals surface area (Å²) in [6.45, 7) is 5.13. The van der Waals surface area contributed by atoms with Crippen molar-refractivity contribution in [1.29, 1.82) is 0 Å². The van der Waals surface area contributed by atoms with E-state index in [-0.39, 0.29) is 24.4 Å². The fourth-order valence-corrected chi connectivity index (χ4v) is 2.40. The van der Waals surface area contributed by atoms with Crippen molar-refractivity contribution in [2.75, 3.05) is 6.54 Å². The van der Waals surface area contributed by atoms with E-state index >= 15 is 0 Å². The first-order chi connectivity index (χ1) is 11.5. The molecule has 5 heteroatoms. The van der Waals surface area contributed by atoms with E-state index in [1.807, 2.05) is 43.3 Å². The van der Waals surface area contributed by atoms with Gasteiger partial charge in [-0.05, 0) is 43.5 Å². The zero-order valence-corrected chi connectivity index (χ0v) is 15.6. The van der Waals surface area contributed by atoms with Gasteiger partial charge in [0.2, 0.25) is 5.91 Å². The van der Waals surface area contributed by atoms with E-state index in [9.17, 15) is 4.79 Å². The van der Waals surface area contributed by atoms with Gasteiger partial charge in [0, 0.05) is 12.6 Å². The van der Waals surface area contributed by atoms with Gasteiger partial charge in [-0.2, -0.15) is 0 Å². The van der Waals surface area contributed by atoms with Crippen LogP contribution in [0.4, 0.5) is 0 Å². The van der Waals surface area contributed by atoms with Gasteiger partial charge in [-0.3, -0.25) is 4.79 Å². The number of hydrogen-bond acceptors (Lipinski definition) is 3. The van der Waals surface area contributed by atoms with Crippen LogP contribution < -0.4 is 15.8 Å². The maximum atomic E-state index is 11.9. The van der Waals surface area contributed by atoms with Gasteiger partial charge in [0.05, 0.1) is 6.42 Å². The van der Waals surface area contributed by atoms with Crippen LogP contribution in [0.3, 0.4) is 0 Å². The van der Waals surface area contributed by atoms with Crippen LogP contribution in [-0.2, 0) is 17.8 Å². The number of aryl methyl sites for hydroxylation is 1. The Labute approximate surface area is 156 Å². The minimum atomic E-state index is 0. The number of nitrogens with one attached hydrogen (secondary N) is 1. The van der Waals surface area contributed by atoms with Gasteiger partial charge in [-0.1, -0.05) is 42.0 Å². The summed E-state index contributed by atoms with van der Waals surface area (Å²) < 4.78 is 5.83. The molecule has 0 aliphatic heterocycles. The summed E-state index contributed by atoms with van der Waals surface area (Å²) in [4.78, 5) is 11.9. The molecule has 1 amide bonds. The average molecular weight is 363 g/mol. The third kappa shape index (κ3) is 8.05. The monoisotopic (exact) mass is 362 g/mol. The fourth-order valence-electron chi connectivity index (χ4n) is 2.40. The number of carbonyl (C=O) groups is 1. The molecule has 2 rings (SSSR count). The fraction of sp³-hybridized carbons (Fsp3) is 0.350. The summed E-state index contributed by atoms with van der Waals surface area (Å²) in [5.41, 5.74) is 8.96. The van der Waals surface area contributed by atoms with E-state index in [2.05, 4.69) is 24.4 Å². The molecule has 0 aromatic heterocycles. The molecular formula is C20H27ClN2O2. The Kier molecular flexibility index (Phi) is 9.03. The van der Waals surface area contributed by atoms with Crippen molar-refractivity contribution in [1.82, 2.24) is 5.32 Å². The van der Waals surface area contributed by atoms with Crippen molar-refractivity contribution < 1.29 is 9.53 Å². The summed E-state index contributed by atoms with van der Waals surface area (Å²) in [6.07, 6.45) is 1.13. The molecule has 0 saturated carbocycles. The SMILES string of the molecule is Cc1cccc(COc2cccc(CC(=O)NCCC(C)N)c2)c1.Cl. The quantitative estimate of drug-likeness (QED) is 0.756. The number of benzene rings is 2. The first-order valence-electron chi connectivity index (χ1n) is 8.32. The maximum absolute atomic E-state index is 11.9. The minimum Gasteiger partial charge on any atom is -0.489 e. The molecule has 0 aliphatic rings. The van der Waals surface area contributed by atoms with Crippen molar-refractivity contribution in [3.8, 4) is 5.75 Å². The highest BCUT2D eigenvalue weighted by atomic mass is 35.5. The smallest absolute Gasteiger partial charge is 0.224 e. The van der Waals surface area contributed by atoms with Gasteiger partial charge < -0.3 is 15.8 Å². The average Bonchev–Trinajstić information content (AvgIpc) is 2.53. The summed E-state index contributed by atoms with van der Waals surface area (Å²) in [5, 5.41) is 2.89. The van der Waals surface area contributed by atoms with Crippen LogP contribution in [0.2, 0.25) is 0 Å². The second-order valence-corrected chi connectivity index (χ2v) is 6.22. The lowest BCUT2D eigenvalue weighted by Gasteiger charge is -2.10. The van der Waals surface area contributed by atoms with E-state index in [0.717, 1.165) is 23.3 Å². The van der Waals surface area contributed by atoms with Gasteiger partial charge in [0.15, 0.2) is 0 Å². The third-order valence-electron chi connectivity index (χ3n) is 3.67. The Bertz CT molecular complexity index is 674. The lowest BCUT2D eigenvalue weighted by atomic mass is 10.1. The minimum absolute atomic E-state index is 0. The molecule has 1 unspecified atom stereocenters. The summed E-state index contributed by atoms with van der Waals surface area (Å²) in [6, 6.07) is 16.0. The van der Waals surface area contributed by atoms with Crippen LogP contribution in [-0.4, -0.2) is 18.5 Å². The highest BCUT2D eigenvalue weighted by Gasteiger charge is 2.05. The highest BCUT2D eigenvalue weighted by molar-refractivity contribution is 5.85. The van der Waals surface area contributed by atoms with E-state index in [1.54, 1.807) is 0 Å². The predicted octanol–water partition coefficient (Wildman–Crippen LogP) is 3.39. The van der Waals surface area contributed by atoms with Crippen LogP contribution >= 0.6 is 12.4 Å². The van der Waals surface area contributed by atoms with E-state index in [0.29, 0.717) is 19.6 Å². The molecule has 1 atom stereocenters. The standard InChI is InChI=1S/C20H26N2O2.ClH/c1-15-5-3-7-18(11-15)14-24-19-8-4-6-17(12-19)13-20(23)22-10-9-16(2)21;/h3-8,11-12,16H,9-10,13-14,21H2,1-2H3,(H,22,23);1H. The Morgan fingerprint density at radius 1 is 1.16 bits per heavy atom. The van der Waals surface area contributed by atoms with Crippen LogP contribution in [0.5, 0.6) is 5.75 Å². The summed E-state index contributed by atoms with van der Waals surface area (Å²) in [5.74, 6) is 0.781. The molecule has 2 aromatic rings. The van der Waals surface area contributed by atoms with Gasteiger partial charge in [-0.25, -0.2) is 0 Å². The Morgan fingerprint density at radius 3 is 2.60 bits per heavy atom. The van der Waals surface area contributed by atoms with Crippen LogP contribution in [0.1, 0.15) is 30.0 Å². The Hall–Kier alpha value is -2.04. The van der Waals surface area contributed by atoms with E-state index in [4.69, 9.17) is 10.5 Å². The second kappa shape index (κ2) is 10.7. The van der Waals surface area contributed by atoms with Gasteiger partial charge in [-0.15, -0.1) is 12.4 Å². The number of nitrogens with two attached hydrogens (primary N) is 1. The zero-order valence-electron chi connectivity index (χ0n) is 14.8. The second-order valence-electron chi connectivity index (χ2n) is 6.22. The van der Waals surface area contributed by atoms with E-state index < -0.39 is 0 Å². The molecule has 136 valence electrons. The number of amides is 1. The van der Waals surface area contributed by atoms with Crippen LogP contribution in [0.15, 0.2) is 48.5 Å². The summed E-state index contributed by atoms with van der Waals surface area (Å²) in [7, 11) is 0. The zero-order chi connectivity index (χ0) is 17.4. The molecule has 0 fully saturated rings. The number of ether oxygens (including phenoxy) is 1. The molecular weight excluding hydrogens is 336 g/mol. The molecule has 0 spiro atoms. The molecule has 0 aliphatic carbocycles. The predicted molar refractivity (Wildman–Crippen MR) is 104 cm³/mol. The highest BCUT2D eigenvalue weighted by Crippen LogP contribution is 2.16. The third-order valence-corrected chi connectivity index (χ3v) is 3.67. The van der Waals surface area contributed by atoms with Crippen molar-refractivity contribution >= 4 is 18.3 Å². The molecule has 2 aromatic carbocycles. The normalized spacial score (nSPS) is 11.3. The molecule has 0 bridgehead atoms. The van der Waals surface area contributed by atoms with Gasteiger partial charge in [0.25, 0.3) is 0 Å². The number of halogens is 1. The molecule has 0 heterocycles. The molecule has 0 saturated heterocycles. The van der Waals surface area contributed by atoms with Gasteiger partial charge >= 0.3 is 0 Å². The van der Waals surface area contributed by atoms with Crippen LogP contribution in [0.25, 0.3) is 0 Å². The molecule has 4 nitrogen and oxygen atoms in total. The largest absolute Gasteiger partial charge is 0.489 e. The van der Waals surface area contributed by atoms with Crippen molar-refractivity contribution in [2.24, 2.45) is 5.73 Å². The van der Waals surface area contributed by atoms with Crippen molar-refractivity contribution in [3.05, 3.63) is 65.2 Å². The maximum Gasteiger partial charge on any atom is 0.224 e.